The van der Waals surface area contributed by atoms with E-state index in [0.29, 0.717) is 5.92 Å². The van der Waals surface area contributed by atoms with Crippen LogP contribution >= 0.6 is 0 Å². The van der Waals surface area contributed by atoms with Gasteiger partial charge in [-0.05, 0) is 30.9 Å². The minimum atomic E-state index is 0.146. The summed E-state index contributed by atoms with van der Waals surface area (Å²) in [5.41, 5.74) is 8.77. The summed E-state index contributed by atoms with van der Waals surface area (Å²) in [6.45, 7) is 11.0. The van der Waals surface area contributed by atoms with Gasteiger partial charge in [-0.3, -0.25) is 0 Å². The Morgan fingerprint density at radius 2 is 1.82 bits per heavy atom. The van der Waals surface area contributed by atoms with E-state index < -0.39 is 0 Å². The van der Waals surface area contributed by atoms with Crippen LogP contribution in [0.15, 0.2) is 24.3 Å². The molecule has 0 heterocycles. The number of rotatable bonds is 6. The Labute approximate surface area is 106 Å². The molecule has 0 saturated heterocycles. The lowest BCUT2D eigenvalue weighted by molar-refractivity contribution is 0.612. The first kappa shape index (κ1) is 14.0. The zero-order chi connectivity index (χ0) is 12.8. The molecular weight excluding hydrogens is 208 g/mol. The molecular formula is C15H26N2. The summed E-state index contributed by atoms with van der Waals surface area (Å²) in [6.07, 6.45) is 0.982. The molecule has 0 amide bonds. The predicted molar refractivity (Wildman–Crippen MR) is 76.4 cm³/mol. The van der Waals surface area contributed by atoms with Gasteiger partial charge >= 0.3 is 0 Å². The Bertz CT molecular complexity index is 333. The highest BCUT2D eigenvalue weighted by Crippen LogP contribution is 2.27. The molecule has 0 aliphatic carbocycles. The number of hydrogen-bond acceptors (Lipinski definition) is 2. The van der Waals surface area contributed by atoms with Gasteiger partial charge in [-0.25, -0.2) is 0 Å². The summed E-state index contributed by atoms with van der Waals surface area (Å²) in [7, 11) is 0. The van der Waals surface area contributed by atoms with Crippen LogP contribution in [0.3, 0.4) is 0 Å². The summed E-state index contributed by atoms with van der Waals surface area (Å²) < 4.78 is 0. The second-order valence-electron chi connectivity index (χ2n) is 5.01. The van der Waals surface area contributed by atoms with Gasteiger partial charge in [0, 0.05) is 24.8 Å². The lowest BCUT2D eigenvalue weighted by Gasteiger charge is -2.29. The largest absolute Gasteiger partial charge is 0.371 e. The molecule has 0 aromatic heterocycles. The van der Waals surface area contributed by atoms with E-state index in [1.807, 2.05) is 0 Å². The van der Waals surface area contributed by atoms with Crippen LogP contribution < -0.4 is 10.6 Å². The van der Waals surface area contributed by atoms with E-state index in [9.17, 15) is 0 Å². The zero-order valence-corrected chi connectivity index (χ0v) is 11.6. The standard InChI is InChI=1S/C15H26N2/c1-5-14(16)13-9-7-8-10-15(13)17(6-2)11-12(3)4/h7-10,12,14H,5-6,11,16H2,1-4H3/t14-/m1/s1. The van der Waals surface area contributed by atoms with Crippen molar-refractivity contribution in [2.75, 3.05) is 18.0 Å². The summed E-state index contributed by atoms with van der Waals surface area (Å²) in [6, 6.07) is 8.68. The fourth-order valence-electron chi connectivity index (χ4n) is 2.15. The third-order valence-corrected chi connectivity index (χ3v) is 3.08. The van der Waals surface area contributed by atoms with E-state index in [2.05, 4.69) is 56.9 Å². The minimum absolute atomic E-state index is 0.146. The molecule has 0 fully saturated rings. The quantitative estimate of drug-likeness (QED) is 0.815. The molecule has 96 valence electrons. The van der Waals surface area contributed by atoms with Gasteiger partial charge in [0.1, 0.15) is 0 Å². The smallest absolute Gasteiger partial charge is 0.0414 e. The van der Waals surface area contributed by atoms with Gasteiger partial charge in [-0.1, -0.05) is 39.0 Å². The SMILES string of the molecule is CC[C@@H](N)c1ccccc1N(CC)CC(C)C. The zero-order valence-electron chi connectivity index (χ0n) is 11.6. The van der Waals surface area contributed by atoms with Gasteiger partial charge in [-0.2, -0.15) is 0 Å². The molecule has 2 N–H and O–H groups in total. The molecule has 0 aliphatic heterocycles. The number of hydrogen-bond donors (Lipinski definition) is 1. The van der Waals surface area contributed by atoms with E-state index in [0.717, 1.165) is 19.5 Å². The Hall–Kier alpha value is -1.02. The van der Waals surface area contributed by atoms with Crippen molar-refractivity contribution in [2.45, 2.75) is 40.2 Å². The number of benzene rings is 1. The first-order valence-corrected chi connectivity index (χ1v) is 6.69. The molecule has 0 radical (unpaired) electrons. The first-order valence-electron chi connectivity index (χ1n) is 6.69. The van der Waals surface area contributed by atoms with Crippen LogP contribution in [0.5, 0.6) is 0 Å². The van der Waals surface area contributed by atoms with Crippen molar-refractivity contribution < 1.29 is 0 Å². The molecule has 2 nitrogen and oxygen atoms in total. The van der Waals surface area contributed by atoms with Gasteiger partial charge in [0.2, 0.25) is 0 Å². The second kappa shape index (κ2) is 6.65. The summed E-state index contributed by atoms with van der Waals surface area (Å²) >= 11 is 0. The Morgan fingerprint density at radius 3 is 2.35 bits per heavy atom. The highest BCUT2D eigenvalue weighted by Gasteiger charge is 2.14. The number of para-hydroxylation sites is 1. The molecule has 17 heavy (non-hydrogen) atoms. The van der Waals surface area contributed by atoms with Crippen molar-refractivity contribution in [1.82, 2.24) is 0 Å². The van der Waals surface area contributed by atoms with Crippen molar-refractivity contribution in [3.63, 3.8) is 0 Å². The van der Waals surface area contributed by atoms with E-state index in [1.165, 1.54) is 11.3 Å². The maximum absolute atomic E-state index is 6.19. The van der Waals surface area contributed by atoms with Crippen LogP contribution in [-0.2, 0) is 0 Å². The Kier molecular flexibility index (Phi) is 5.49. The molecule has 0 saturated carbocycles. The molecule has 2 heteroatoms. The maximum atomic E-state index is 6.19. The summed E-state index contributed by atoms with van der Waals surface area (Å²) in [5.74, 6) is 0.667. The van der Waals surface area contributed by atoms with E-state index in [4.69, 9.17) is 5.73 Å². The monoisotopic (exact) mass is 234 g/mol. The van der Waals surface area contributed by atoms with E-state index in [-0.39, 0.29) is 6.04 Å². The van der Waals surface area contributed by atoms with Gasteiger partial charge in [-0.15, -0.1) is 0 Å². The van der Waals surface area contributed by atoms with Gasteiger partial charge < -0.3 is 10.6 Å². The molecule has 0 aliphatic rings. The third kappa shape index (κ3) is 3.74. The van der Waals surface area contributed by atoms with Crippen molar-refractivity contribution in [2.24, 2.45) is 11.7 Å². The van der Waals surface area contributed by atoms with Gasteiger partial charge in [0.25, 0.3) is 0 Å². The molecule has 1 aromatic carbocycles. The van der Waals surface area contributed by atoms with Crippen LogP contribution in [0.1, 0.15) is 45.7 Å². The topological polar surface area (TPSA) is 29.3 Å². The average molecular weight is 234 g/mol. The lowest BCUT2D eigenvalue weighted by Crippen LogP contribution is -2.29. The molecule has 0 bridgehead atoms. The minimum Gasteiger partial charge on any atom is -0.371 e. The Balaban J connectivity index is 3.01. The van der Waals surface area contributed by atoms with Crippen LogP contribution in [0.4, 0.5) is 5.69 Å². The third-order valence-electron chi connectivity index (χ3n) is 3.08. The number of nitrogens with two attached hydrogens (primary N) is 1. The van der Waals surface area contributed by atoms with Crippen molar-refractivity contribution in [3.8, 4) is 0 Å². The highest BCUT2D eigenvalue weighted by molar-refractivity contribution is 5.55. The molecule has 0 unspecified atom stereocenters. The fraction of sp³-hybridized carbons (Fsp3) is 0.600. The van der Waals surface area contributed by atoms with Gasteiger partial charge in [0.05, 0.1) is 0 Å². The first-order chi connectivity index (χ1) is 8.10. The number of nitrogens with zero attached hydrogens (tertiary/aromatic N) is 1. The van der Waals surface area contributed by atoms with E-state index in [1.54, 1.807) is 0 Å². The Morgan fingerprint density at radius 1 is 1.18 bits per heavy atom. The molecule has 1 rings (SSSR count). The van der Waals surface area contributed by atoms with Crippen LogP contribution in [0.25, 0.3) is 0 Å². The van der Waals surface area contributed by atoms with Crippen molar-refractivity contribution >= 4 is 5.69 Å². The normalized spacial score (nSPS) is 12.8. The van der Waals surface area contributed by atoms with Crippen LogP contribution in [-0.4, -0.2) is 13.1 Å². The lowest BCUT2D eigenvalue weighted by atomic mass is 10.0. The van der Waals surface area contributed by atoms with Crippen LogP contribution in [0.2, 0.25) is 0 Å². The number of anilines is 1. The molecule has 1 atom stereocenters. The average Bonchev–Trinajstić information content (AvgIpc) is 2.34. The van der Waals surface area contributed by atoms with Crippen molar-refractivity contribution in [3.05, 3.63) is 29.8 Å². The fourth-order valence-corrected chi connectivity index (χ4v) is 2.15. The van der Waals surface area contributed by atoms with Crippen LogP contribution in [0, 0.1) is 5.92 Å². The molecule has 1 aromatic rings. The van der Waals surface area contributed by atoms with E-state index >= 15 is 0 Å². The molecule has 0 spiro atoms. The van der Waals surface area contributed by atoms with Crippen molar-refractivity contribution in [1.29, 1.82) is 0 Å². The summed E-state index contributed by atoms with van der Waals surface area (Å²) in [4.78, 5) is 2.43. The predicted octanol–water partition coefficient (Wildman–Crippen LogP) is 3.58. The maximum Gasteiger partial charge on any atom is 0.0414 e. The summed E-state index contributed by atoms with van der Waals surface area (Å²) in [5, 5.41) is 0. The second-order valence-corrected chi connectivity index (χ2v) is 5.01. The highest BCUT2D eigenvalue weighted by atomic mass is 15.1. The van der Waals surface area contributed by atoms with Gasteiger partial charge in [0.15, 0.2) is 0 Å².